The number of nitrogens with zero attached hydrogens (tertiary/aromatic N) is 2. The number of amides is 2. The lowest BCUT2D eigenvalue weighted by atomic mass is 9.35. The first kappa shape index (κ1) is 17.5. The molecule has 0 radical (unpaired) electrons. The van der Waals surface area contributed by atoms with Crippen molar-refractivity contribution in [2.45, 2.75) is 64.5 Å². The summed E-state index contributed by atoms with van der Waals surface area (Å²) in [5.41, 5.74) is 1.48. The van der Waals surface area contributed by atoms with Crippen LogP contribution in [0.1, 0.15) is 68.6 Å². The molecule has 2 amide bonds. The minimum atomic E-state index is -0.747. The van der Waals surface area contributed by atoms with E-state index in [4.69, 9.17) is 0 Å². The average molecular weight is 360 g/mol. The summed E-state index contributed by atoms with van der Waals surface area (Å²) in [6, 6.07) is 1.39. The van der Waals surface area contributed by atoms with Gasteiger partial charge in [0.15, 0.2) is 0 Å². The van der Waals surface area contributed by atoms with E-state index in [1.54, 1.807) is 11.0 Å². The lowest BCUT2D eigenvalue weighted by Crippen LogP contribution is -2.68. The highest BCUT2D eigenvalue weighted by Crippen LogP contribution is 2.73. The largest absolute Gasteiger partial charge is 0.389 e. The van der Waals surface area contributed by atoms with Crippen LogP contribution in [0.2, 0.25) is 0 Å². The van der Waals surface area contributed by atoms with Gasteiger partial charge in [0, 0.05) is 18.8 Å². The summed E-state index contributed by atoms with van der Waals surface area (Å²) in [6.45, 7) is 7.16. The van der Waals surface area contributed by atoms with Crippen molar-refractivity contribution >= 4 is 11.8 Å². The molecule has 26 heavy (non-hydrogen) atoms. The molecule has 3 N–H and O–H groups in total. The van der Waals surface area contributed by atoms with Crippen LogP contribution in [0.4, 0.5) is 0 Å². The van der Waals surface area contributed by atoms with Gasteiger partial charge in [-0.2, -0.15) is 5.10 Å². The molecule has 0 aromatic carbocycles. The average Bonchev–Trinajstić information content (AvgIpc) is 3.02. The highest BCUT2D eigenvalue weighted by molar-refractivity contribution is 5.92. The number of aromatic nitrogens is 2. The molecule has 2 atom stereocenters. The summed E-state index contributed by atoms with van der Waals surface area (Å²) >= 11 is 0. The molecule has 0 unspecified atom stereocenters. The molecular weight excluding hydrogens is 332 g/mol. The van der Waals surface area contributed by atoms with Gasteiger partial charge in [0.25, 0.3) is 5.91 Å². The van der Waals surface area contributed by atoms with Crippen molar-refractivity contribution in [2.24, 2.45) is 10.8 Å². The molecule has 3 saturated carbocycles. The minimum Gasteiger partial charge on any atom is -0.389 e. The monoisotopic (exact) mass is 360 g/mol. The summed E-state index contributed by atoms with van der Waals surface area (Å²) in [5.74, 6) is 0.173. The van der Waals surface area contributed by atoms with E-state index in [1.165, 1.54) is 0 Å². The third-order valence-electron chi connectivity index (χ3n) is 6.39. The minimum absolute atomic E-state index is 0.146. The van der Waals surface area contributed by atoms with Crippen LogP contribution in [-0.4, -0.2) is 57.3 Å². The highest BCUT2D eigenvalue weighted by atomic mass is 16.3. The first-order valence-electron chi connectivity index (χ1n) is 9.55. The lowest BCUT2D eigenvalue weighted by Gasteiger charge is -2.69. The molecule has 7 heteroatoms. The number of nitrogens with one attached hydrogen (secondary N) is 2. The summed E-state index contributed by atoms with van der Waals surface area (Å²) in [6.07, 6.45) is 2.78. The van der Waals surface area contributed by atoms with Gasteiger partial charge < -0.3 is 15.3 Å². The number of carbonyl (C=O) groups is 2. The number of carbonyl (C=O) groups excluding carboxylic acids is 2. The quantitative estimate of drug-likeness (QED) is 0.756. The van der Waals surface area contributed by atoms with Crippen LogP contribution in [0.5, 0.6) is 0 Å². The van der Waals surface area contributed by atoms with Crippen LogP contribution >= 0.6 is 0 Å². The Labute approximate surface area is 153 Å². The predicted octanol–water partition coefficient (Wildman–Crippen LogP) is 1.41. The molecule has 1 aromatic rings. The smallest absolute Gasteiger partial charge is 0.272 e. The second-order valence-electron chi connectivity index (χ2n) is 9.17. The van der Waals surface area contributed by atoms with E-state index in [1.807, 2.05) is 13.8 Å². The second-order valence-corrected chi connectivity index (χ2v) is 9.17. The number of aromatic amines is 1. The molecular formula is C19H28N4O3. The Hall–Kier alpha value is -1.89. The third-order valence-corrected chi connectivity index (χ3v) is 6.39. The SMILES string of the molecule is CC(C)c1cc(C(=O)N[C@@H]2CCN(C(=O)C34CC(C)(C3)C4)C[C@H]2O)n[nH]1. The summed E-state index contributed by atoms with van der Waals surface area (Å²) in [5, 5.41) is 20.2. The molecule has 142 valence electrons. The Balaban J connectivity index is 1.32. The van der Waals surface area contributed by atoms with Crippen molar-refractivity contribution in [3.8, 4) is 0 Å². The van der Waals surface area contributed by atoms with Crippen LogP contribution in [0.3, 0.4) is 0 Å². The van der Waals surface area contributed by atoms with E-state index in [-0.39, 0.29) is 29.2 Å². The van der Waals surface area contributed by atoms with Gasteiger partial charge in [0.2, 0.25) is 5.91 Å². The molecule has 3 aliphatic carbocycles. The summed E-state index contributed by atoms with van der Waals surface area (Å²) in [4.78, 5) is 26.9. The second kappa shape index (κ2) is 5.81. The zero-order valence-electron chi connectivity index (χ0n) is 15.7. The van der Waals surface area contributed by atoms with Crippen molar-refractivity contribution < 1.29 is 14.7 Å². The maximum atomic E-state index is 12.8. The van der Waals surface area contributed by atoms with E-state index in [9.17, 15) is 14.7 Å². The third kappa shape index (κ3) is 2.73. The van der Waals surface area contributed by atoms with Crippen LogP contribution in [-0.2, 0) is 4.79 Å². The zero-order chi connectivity index (χ0) is 18.7. The molecule has 0 spiro atoms. The number of aliphatic hydroxyl groups excluding tert-OH is 1. The molecule has 1 aliphatic heterocycles. The van der Waals surface area contributed by atoms with Gasteiger partial charge in [-0.05, 0) is 43.1 Å². The number of hydrogen-bond donors (Lipinski definition) is 3. The first-order chi connectivity index (χ1) is 12.2. The molecule has 4 fully saturated rings. The number of piperidine rings is 1. The Kier molecular flexibility index (Phi) is 3.91. The Bertz CT molecular complexity index is 721. The van der Waals surface area contributed by atoms with E-state index < -0.39 is 6.10 Å². The van der Waals surface area contributed by atoms with Gasteiger partial charge >= 0.3 is 0 Å². The van der Waals surface area contributed by atoms with E-state index in [0.717, 1.165) is 25.0 Å². The fourth-order valence-corrected chi connectivity index (χ4v) is 5.13. The number of β-amino-alcohol motifs (C(OH)–C–C–N with tert-alkyl or cyclic N) is 1. The van der Waals surface area contributed by atoms with Crippen molar-refractivity contribution in [1.29, 1.82) is 0 Å². The van der Waals surface area contributed by atoms with E-state index in [2.05, 4.69) is 22.4 Å². The van der Waals surface area contributed by atoms with Gasteiger partial charge in [0.05, 0.1) is 17.6 Å². The zero-order valence-corrected chi connectivity index (χ0v) is 15.7. The number of rotatable bonds is 4. The Morgan fingerprint density at radius 2 is 2.08 bits per heavy atom. The highest BCUT2D eigenvalue weighted by Gasteiger charge is 2.69. The molecule has 2 bridgehead atoms. The van der Waals surface area contributed by atoms with Crippen LogP contribution in [0.25, 0.3) is 0 Å². The Morgan fingerprint density at radius 3 is 2.62 bits per heavy atom. The van der Waals surface area contributed by atoms with Gasteiger partial charge in [-0.25, -0.2) is 0 Å². The van der Waals surface area contributed by atoms with Gasteiger partial charge in [-0.3, -0.25) is 14.7 Å². The van der Waals surface area contributed by atoms with E-state index in [0.29, 0.717) is 30.6 Å². The molecule has 1 saturated heterocycles. The van der Waals surface area contributed by atoms with Gasteiger partial charge in [-0.1, -0.05) is 20.8 Å². The summed E-state index contributed by atoms with van der Waals surface area (Å²) in [7, 11) is 0. The van der Waals surface area contributed by atoms with Gasteiger partial charge in [0.1, 0.15) is 5.69 Å². The number of hydrogen-bond acceptors (Lipinski definition) is 4. The molecule has 2 heterocycles. The first-order valence-corrected chi connectivity index (χ1v) is 9.55. The standard InChI is InChI=1S/C19H28N4O3/c1-11(2)13-6-14(22-21-13)16(25)20-12-4-5-23(7-15(12)24)17(26)19-8-18(3,9-19)10-19/h6,11-12,15,24H,4-5,7-10H2,1-3H3,(H,20,25)(H,21,22)/t12-,15-,18?,19?/m1/s1. The normalized spacial score (nSPS) is 35.7. The number of likely N-dealkylation sites (tertiary alicyclic amines) is 1. The fraction of sp³-hybridized carbons (Fsp3) is 0.737. The number of H-pyrrole nitrogens is 1. The van der Waals surface area contributed by atoms with Crippen LogP contribution in [0, 0.1) is 10.8 Å². The van der Waals surface area contributed by atoms with Crippen molar-refractivity contribution in [3.63, 3.8) is 0 Å². The topological polar surface area (TPSA) is 98.3 Å². The Morgan fingerprint density at radius 1 is 1.38 bits per heavy atom. The van der Waals surface area contributed by atoms with Crippen LogP contribution in [0.15, 0.2) is 6.07 Å². The summed E-state index contributed by atoms with van der Waals surface area (Å²) < 4.78 is 0. The fourth-order valence-electron chi connectivity index (χ4n) is 5.13. The molecule has 4 aliphatic rings. The van der Waals surface area contributed by atoms with Crippen molar-refractivity contribution in [2.75, 3.05) is 13.1 Å². The lowest BCUT2D eigenvalue weighted by molar-refractivity contribution is -0.211. The molecule has 5 rings (SSSR count). The van der Waals surface area contributed by atoms with Crippen molar-refractivity contribution in [3.05, 3.63) is 17.5 Å². The maximum absolute atomic E-state index is 12.8. The van der Waals surface area contributed by atoms with Crippen molar-refractivity contribution in [1.82, 2.24) is 20.4 Å². The van der Waals surface area contributed by atoms with Crippen LogP contribution < -0.4 is 5.32 Å². The van der Waals surface area contributed by atoms with Gasteiger partial charge in [-0.15, -0.1) is 0 Å². The molecule has 7 nitrogen and oxygen atoms in total. The predicted molar refractivity (Wildman–Crippen MR) is 95.5 cm³/mol. The number of aliphatic hydroxyl groups is 1. The van der Waals surface area contributed by atoms with E-state index >= 15 is 0 Å². The molecule has 1 aromatic heterocycles. The maximum Gasteiger partial charge on any atom is 0.272 e.